The maximum absolute atomic E-state index is 9.93. The van der Waals surface area contributed by atoms with Crippen LogP contribution in [0.2, 0.25) is 0 Å². The third-order valence-corrected chi connectivity index (χ3v) is 1.76. The minimum atomic E-state index is -1.19. The van der Waals surface area contributed by atoms with Crippen LogP contribution in [0.4, 0.5) is 0 Å². The molecule has 0 aromatic rings. The van der Waals surface area contributed by atoms with Gasteiger partial charge >= 0.3 is 19.5 Å². The molecule has 0 aliphatic rings. The van der Waals surface area contributed by atoms with Crippen molar-refractivity contribution in [3.63, 3.8) is 0 Å². The number of carbonyl (C=O) groups is 2. The van der Waals surface area contributed by atoms with Crippen LogP contribution in [0.15, 0.2) is 12.2 Å². The smallest absolute Gasteiger partial charge is 0.550 e. The van der Waals surface area contributed by atoms with Crippen molar-refractivity contribution < 1.29 is 39.3 Å². The van der Waals surface area contributed by atoms with E-state index in [-0.39, 0.29) is 31.5 Å². The van der Waals surface area contributed by atoms with E-state index in [1.807, 2.05) is 0 Å². The number of hydrogen-bond donors (Lipinski definition) is 0. The Labute approximate surface area is 116 Å². The van der Waals surface area contributed by atoms with Crippen molar-refractivity contribution in [3.8, 4) is 0 Å². The van der Waals surface area contributed by atoms with E-state index in [4.69, 9.17) is 0 Å². The van der Waals surface area contributed by atoms with Gasteiger partial charge in [0.05, 0.1) is 5.97 Å². The topological polar surface area (TPSA) is 80.3 Å². The van der Waals surface area contributed by atoms with Gasteiger partial charge in [-0.25, -0.2) is 0 Å². The molecule has 0 heterocycles. The van der Waals surface area contributed by atoms with E-state index in [1.165, 1.54) is 6.92 Å². The monoisotopic (exact) mass is 292 g/mol. The minimum absolute atomic E-state index is 0. The van der Waals surface area contributed by atoms with E-state index in [0.717, 1.165) is 19.3 Å². The Kier molecular flexibility index (Phi) is 17.0. The first kappa shape index (κ1) is 21.6. The van der Waals surface area contributed by atoms with Crippen molar-refractivity contribution in [2.24, 2.45) is 5.92 Å². The summed E-state index contributed by atoms with van der Waals surface area (Å²) in [4.78, 5) is 19.4. The van der Waals surface area contributed by atoms with Gasteiger partial charge in [0.1, 0.15) is 0 Å². The molecular weight excluding hydrogens is 274 g/mol. The Morgan fingerprint density at radius 3 is 1.82 bits per heavy atom. The molecule has 0 aliphatic carbocycles. The average molecular weight is 294 g/mol. The largest absolute Gasteiger partial charge is 2.00 e. The van der Waals surface area contributed by atoms with Gasteiger partial charge in [0.25, 0.3) is 0 Å². The van der Waals surface area contributed by atoms with E-state index in [1.54, 1.807) is 0 Å². The summed E-state index contributed by atoms with van der Waals surface area (Å²) in [6.07, 6.45) is 3.10. The first-order valence-corrected chi connectivity index (χ1v) is 5.34. The molecular formula is C12H20O4Zn. The van der Waals surface area contributed by atoms with Crippen molar-refractivity contribution in [3.05, 3.63) is 12.2 Å². The van der Waals surface area contributed by atoms with Gasteiger partial charge in [-0.2, -0.15) is 0 Å². The molecule has 17 heavy (non-hydrogen) atoms. The summed E-state index contributed by atoms with van der Waals surface area (Å²) < 4.78 is 0. The summed E-state index contributed by atoms with van der Waals surface area (Å²) in [6, 6.07) is 0. The molecule has 0 saturated heterocycles. The number of carboxylic acid groups (broad SMARTS) is 2. The quantitative estimate of drug-likeness (QED) is 0.400. The summed E-state index contributed by atoms with van der Waals surface area (Å²) in [5.41, 5.74) is 0.0648. The fourth-order valence-electron chi connectivity index (χ4n) is 0.822. The average Bonchev–Trinajstić information content (AvgIpc) is 2.12. The van der Waals surface area contributed by atoms with E-state index >= 15 is 0 Å². The van der Waals surface area contributed by atoms with Crippen molar-refractivity contribution in [2.45, 2.75) is 46.5 Å². The molecule has 94 valence electrons. The van der Waals surface area contributed by atoms with Crippen LogP contribution in [0.1, 0.15) is 46.5 Å². The number of aliphatic carboxylic acids is 2. The first-order chi connectivity index (χ1) is 7.27. The minimum Gasteiger partial charge on any atom is -0.550 e. The molecule has 4 nitrogen and oxygen atoms in total. The molecule has 0 aliphatic heterocycles. The molecule has 0 saturated carbocycles. The molecule has 0 bridgehead atoms. The van der Waals surface area contributed by atoms with Crippen molar-refractivity contribution in [1.29, 1.82) is 0 Å². The summed E-state index contributed by atoms with van der Waals surface area (Å²) >= 11 is 0. The van der Waals surface area contributed by atoms with Crippen molar-refractivity contribution in [2.75, 3.05) is 0 Å². The van der Waals surface area contributed by atoms with Crippen molar-refractivity contribution >= 4 is 11.9 Å². The van der Waals surface area contributed by atoms with Crippen LogP contribution in [0.3, 0.4) is 0 Å². The van der Waals surface area contributed by atoms with E-state index < -0.39 is 11.9 Å². The zero-order valence-corrected chi connectivity index (χ0v) is 13.9. The maximum atomic E-state index is 9.93. The predicted octanol–water partition coefficient (Wildman–Crippen LogP) is 0.263. The predicted molar refractivity (Wildman–Crippen MR) is 58.1 cm³/mol. The maximum Gasteiger partial charge on any atom is 2.00 e. The second-order valence-electron chi connectivity index (χ2n) is 4.08. The molecule has 0 radical (unpaired) electrons. The Balaban J connectivity index is -0.000000244. The molecule has 0 N–H and O–H groups in total. The summed E-state index contributed by atoms with van der Waals surface area (Å²) in [5.74, 6) is -1.43. The van der Waals surface area contributed by atoms with Gasteiger partial charge in [-0.05, 0) is 31.3 Å². The number of carboxylic acids is 2. The Morgan fingerprint density at radius 1 is 1.18 bits per heavy atom. The van der Waals surface area contributed by atoms with E-state index in [2.05, 4.69) is 20.4 Å². The standard InChI is InChI=1S/C8H16O2.C4H6O2.Zn/c1-7(2)5-3-4-6-8(9)10;1-3(2)4(5)6;/h7H,3-6H2,1-2H3,(H,9,10);1H2,2H3,(H,5,6);/q;;+2/p-2. The van der Waals surface area contributed by atoms with Crippen LogP contribution in [-0.4, -0.2) is 11.9 Å². The SMILES string of the molecule is C=C(C)C(=O)[O-].CC(C)CCCCC(=O)[O-].[Zn+2]. The molecule has 0 spiro atoms. The number of rotatable bonds is 6. The summed E-state index contributed by atoms with van der Waals surface area (Å²) in [6.45, 7) is 8.75. The molecule has 5 heteroatoms. The van der Waals surface area contributed by atoms with Gasteiger partial charge in [0, 0.05) is 5.97 Å². The fraction of sp³-hybridized carbons (Fsp3) is 0.667. The summed E-state index contributed by atoms with van der Waals surface area (Å²) in [5, 5.41) is 19.4. The number of unbranched alkanes of at least 4 members (excludes halogenated alkanes) is 1. The van der Waals surface area contributed by atoms with Gasteiger partial charge in [-0.15, -0.1) is 0 Å². The van der Waals surface area contributed by atoms with Crippen LogP contribution >= 0.6 is 0 Å². The number of hydrogen-bond acceptors (Lipinski definition) is 4. The van der Waals surface area contributed by atoms with Gasteiger partial charge in [-0.3, -0.25) is 0 Å². The van der Waals surface area contributed by atoms with Crippen LogP contribution in [-0.2, 0) is 29.1 Å². The molecule has 0 fully saturated rings. The third-order valence-electron chi connectivity index (χ3n) is 1.76. The number of carbonyl (C=O) groups excluding carboxylic acids is 2. The van der Waals surface area contributed by atoms with Gasteiger partial charge in [0.2, 0.25) is 0 Å². The Morgan fingerprint density at radius 2 is 1.59 bits per heavy atom. The van der Waals surface area contributed by atoms with Crippen LogP contribution in [0, 0.1) is 5.92 Å². The Hall–Kier alpha value is -0.697. The molecule has 0 aromatic carbocycles. The van der Waals surface area contributed by atoms with E-state index in [0.29, 0.717) is 5.92 Å². The fourth-order valence-corrected chi connectivity index (χ4v) is 0.822. The van der Waals surface area contributed by atoms with Crippen LogP contribution in [0.5, 0.6) is 0 Å². The molecule has 0 atom stereocenters. The molecule has 0 rings (SSSR count). The summed E-state index contributed by atoms with van der Waals surface area (Å²) in [7, 11) is 0. The van der Waals surface area contributed by atoms with Gasteiger partial charge in [-0.1, -0.05) is 33.3 Å². The van der Waals surface area contributed by atoms with E-state index in [9.17, 15) is 19.8 Å². The Bertz CT molecular complexity index is 225. The molecule has 0 amide bonds. The third kappa shape index (κ3) is 25.5. The molecule has 0 unspecified atom stereocenters. The zero-order chi connectivity index (χ0) is 13.1. The first-order valence-electron chi connectivity index (χ1n) is 5.34. The second kappa shape index (κ2) is 13.4. The van der Waals surface area contributed by atoms with Gasteiger partial charge < -0.3 is 19.8 Å². The van der Waals surface area contributed by atoms with Crippen LogP contribution < -0.4 is 10.2 Å². The van der Waals surface area contributed by atoms with Crippen molar-refractivity contribution in [1.82, 2.24) is 0 Å². The van der Waals surface area contributed by atoms with Gasteiger partial charge in [0.15, 0.2) is 0 Å². The van der Waals surface area contributed by atoms with Crippen LogP contribution in [0.25, 0.3) is 0 Å². The normalized spacial score (nSPS) is 8.71. The second-order valence-corrected chi connectivity index (χ2v) is 4.08. The zero-order valence-electron chi connectivity index (χ0n) is 11.0. The molecule has 0 aromatic heterocycles.